The van der Waals surface area contributed by atoms with Gasteiger partial charge in [-0.25, -0.2) is 0 Å². The van der Waals surface area contributed by atoms with E-state index in [1.165, 1.54) is 24.9 Å². The van der Waals surface area contributed by atoms with Crippen LogP contribution in [0.25, 0.3) is 0 Å². The van der Waals surface area contributed by atoms with Gasteiger partial charge in [0.15, 0.2) is 0 Å². The highest BCUT2D eigenvalue weighted by Gasteiger charge is 2.34. The van der Waals surface area contributed by atoms with Crippen LogP contribution in [-0.4, -0.2) is 37.9 Å². The van der Waals surface area contributed by atoms with E-state index in [1.807, 2.05) is 6.07 Å². The van der Waals surface area contributed by atoms with E-state index < -0.39 is 0 Å². The van der Waals surface area contributed by atoms with Crippen molar-refractivity contribution in [2.24, 2.45) is 5.92 Å². The molecule has 2 N–H and O–H groups in total. The van der Waals surface area contributed by atoms with Gasteiger partial charge in [-0.15, -0.1) is 12.4 Å². The minimum atomic E-state index is 0. The topological polar surface area (TPSA) is 42.5 Å². The lowest BCUT2D eigenvalue weighted by molar-refractivity contribution is 0.0559. The van der Waals surface area contributed by atoms with Gasteiger partial charge in [-0.05, 0) is 44.2 Å². The summed E-state index contributed by atoms with van der Waals surface area (Å²) in [5.74, 6) is 1.60. The zero-order valence-corrected chi connectivity index (χ0v) is 15.6. The van der Waals surface area contributed by atoms with Crippen LogP contribution in [0.4, 0.5) is 5.69 Å². The number of hydrogen-bond acceptors (Lipinski definition) is 4. The zero-order chi connectivity index (χ0) is 16.1. The van der Waals surface area contributed by atoms with Crippen molar-refractivity contribution in [3.05, 3.63) is 24.3 Å². The highest BCUT2D eigenvalue weighted by atomic mass is 35.5. The Hall–Kier alpha value is -0.970. The van der Waals surface area contributed by atoms with Crippen molar-refractivity contribution >= 4 is 18.1 Å². The van der Waals surface area contributed by atoms with Crippen molar-refractivity contribution in [2.45, 2.75) is 57.7 Å². The van der Waals surface area contributed by atoms with Crippen molar-refractivity contribution in [3.8, 4) is 5.75 Å². The second-order valence-electron chi connectivity index (χ2n) is 6.85. The fourth-order valence-corrected chi connectivity index (χ4v) is 3.70. The van der Waals surface area contributed by atoms with E-state index in [4.69, 9.17) is 9.47 Å². The van der Waals surface area contributed by atoms with Gasteiger partial charge in [0, 0.05) is 30.4 Å². The van der Waals surface area contributed by atoms with Crippen LogP contribution in [0.3, 0.4) is 0 Å². The van der Waals surface area contributed by atoms with Crippen molar-refractivity contribution in [2.75, 3.05) is 25.1 Å². The van der Waals surface area contributed by atoms with Gasteiger partial charge in [0.1, 0.15) is 5.75 Å². The minimum absolute atomic E-state index is 0. The molecule has 136 valence electrons. The standard InChI is InChI=1S/C19H30N2O2.ClH/c1-3-14(2)23-16-7-4-6-15(12-16)21-18-9-5-8-17(18)19-13-22-11-10-20-19;/h4,6-7,12,14,17-21H,3,5,8-11,13H2,1-2H3;1H. The summed E-state index contributed by atoms with van der Waals surface area (Å²) in [6, 6.07) is 9.40. The van der Waals surface area contributed by atoms with Crippen LogP contribution in [0.5, 0.6) is 5.75 Å². The molecule has 1 aliphatic carbocycles. The summed E-state index contributed by atoms with van der Waals surface area (Å²) in [7, 11) is 0. The summed E-state index contributed by atoms with van der Waals surface area (Å²) in [6.45, 7) is 6.93. The maximum atomic E-state index is 5.94. The molecule has 2 aliphatic rings. The van der Waals surface area contributed by atoms with Gasteiger partial charge in [0.25, 0.3) is 0 Å². The average molecular weight is 355 g/mol. The van der Waals surface area contributed by atoms with Gasteiger partial charge in [0.2, 0.25) is 0 Å². The second kappa shape index (κ2) is 9.50. The minimum Gasteiger partial charge on any atom is -0.491 e. The van der Waals surface area contributed by atoms with E-state index in [0.29, 0.717) is 18.0 Å². The van der Waals surface area contributed by atoms with Gasteiger partial charge in [0.05, 0.1) is 19.3 Å². The van der Waals surface area contributed by atoms with Crippen molar-refractivity contribution in [1.29, 1.82) is 0 Å². The molecule has 0 bridgehead atoms. The molecule has 1 aromatic carbocycles. The van der Waals surface area contributed by atoms with Gasteiger partial charge in [-0.3, -0.25) is 0 Å². The molecule has 5 heteroatoms. The maximum Gasteiger partial charge on any atom is 0.121 e. The first kappa shape index (κ1) is 19.4. The Kier molecular flexibility index (Phi) is 7.66. The first-order valence-electron chi connectivity index (χ1n) is 9.10. The van der Waals surface area contributed by atoms with Gasteiger partial charge in [-0.2, -0.15) is 0 Å². The van der Waals surface area contributed by atoms with Crippen LogP contribution in [0.1, 0.15) is 39.5 Å². The quantitative estimate of drug-likeness (QED) is 0.814. The molecule has 1 heterocycles. The molecule has 1 aromatic rings. The fourth-order valence-electron chi connectivity index (χ4n) is 3.70. The normalized spacial score (nSPS) is 28.0. The number of morpholine rings is 1. The number of ether oxygens (including phenoxy) is 2. The van der Waals surface area contributed by atoms with Gasteiger partial charge in [-0.1, -0.05) is 19.4 Å². The number of rotatable bonds is 6. The molecular weight excluding hydrogens is 324 g/mol. The summed E-state index contributed by atoms with van der Waals surface area (Å²) in [6.07, 6.45) is 5.09. The second-order valence-corrected chi connectivity index (χ2v) is 6.85. The molecule has 1 saturated heterocycles. The molecule has 24 heavy (non-hydrogen) atoms. The van der Waals surface area contributed by atoms with E-state index in [2.05, 4.69) is 42.7 Å². The molecule has 4 nitrogen and oxygen atoms in total. The number of nitrogens with one attached hydrogen (secondary N) is 2. The number of hydrogen-bond donors (Lipinski definition) is 2. The zero-order valence-electron chi connectivity index (χ0n) is 14.8. The Morgan fingerprint density at radius 2 is 2.25 bits per heavy atom. The van der Waals surface area contributed by atoms with E-state index in [-0.39, 0.29) is 18.5 Å². The Morgan fingerprint density at radius 3 is 3.00 bits per heavy atom. The summed E-state index contributed by atoms with van der Waals surface area (Å²) < 4.78 is 11.6. The molecule has 2 fully saturated rings. The molecule has 0 spiro atoms. The Balaban J connectivity index is 0.00000208. The average Bonchev–Trinajstić information content (AvgIpc) is 3.04. The molecule has 3 rings (SSSR count). The highest BCUT2D eigenvalue weighted by Crippen LogP contribution is 2.32. The van der Waals surface area contributed by atoms with Crippen LogP contribution in [-0.2, 0) is 4.74 Å². The summed E-state index contributed by atoms with van der Waals surface area (Å²) in [4.78, 5) is 0. The van der Waals surface area contributed by atoms with Crippen LogP contribution in [0.2, 0.25) is 0 Å². The first-order valence-corrected chi connectivity index (χ1v) is 9.10. The third-order valence-corrected chi connectivity index (χ3v) is 5.13. The summed E-state index contributed by atoms with van der Waals surface area (Å²) in [5, 5.41) is 7.38. The van der Waals surface area contributed by atoms with E-state index in [0.717, 1.165) is 31.9 Å². The Bertz CT molecular complexity index is 494. The third-order valence-electron chi connectivity index (χ3n) is 5.13. The number of anilines is 1. The SMILES string of the molecule is CCC(C)Oc1cccc(NC2CCCC2C2COCCN2)c1.Cl. The molecule has 1 saturated carbocycles. The molecular formula is C19H31ClN2O2. The van der Waals surface area contributed by atoms with Crippen LogP contribution < -0.4 is 15.4 Å². The Morgan fingerprint density at radius 1 is 1.38 bits per heavy atom. The fraction of sp³-hybridized carbons (Fsp3) is 0.684. The number of halogens is 1. The van der Waals surface area contributed by atoms with E-state index in [9.17, 15) is 0 Å². The Labute approximate surface area is 152 Å². The number of benzene rings is 1. The summed E-state index contributed by atoms with van der Waals surface area (Å²) >= 11 is 0. The maximum absolute atomic E-state index is 5.94. The molecule has 1 aliphatic heterocycles. The largest absolute Gasteiger partial charge is 0.491 e. The lowest BCUT2D eigenvalue weighted by Gasteiger charge is -2.33. The molecule has 4 unspecified atom stereocenters. The van der Waals surface area contributed by atoms with Gasteiger partial charge >= 0.3 is 0 Å². The van der Waals surface area contributed by atoms with E-state index in [1.54, 1.807) is 0 Å². The third kappa shape index (κ3) is 5.01. The molecule has 4 atom stereocenters. The van der Waals surface area contributed by atoms with Gasteiger partial charge < -0.3 is 20.1 Å². The monoisotopic (exact) mass is 354 g/mol. The van der Waals surface area contributed by atoms with Crippen LogP contribution in [0.15, 0.2) is 24.3 Å². The molecule has 0 aromatic heterocycles. The smallest absolute Gasteiger partial charge is 0.121 e. The van der Waals surface area contributed by atoms with Crippen molar-refractivity contribution < 1.29 is 9.47 Å². The lowest BCUT2D eigenvalue weighted by atomic mass is 9.94. The van der Waals surface area contributed by atoms with Crippen LogP contribution >= 0.6 is 12.4 Å². The van der Waals surface area contributed by atoms with Crippen molar-refractivity contribution in [1.82, 2.24) is 5.32 Å². The molecule has 0 amide bonds. The van der Waals surface area contributed by atoms with E-state index >= 15 is 0 Å². The lowest BCUT2D eigenvalue weighted by Crippen LogP contribution is -2.49. The van der Waals surface area contributed by atoms with Crippen molar-refractivity contribution in [3.63, 3.8) is 0 Å². The predicted molar refractivity (Wildman–Crippen MR) is 101 cm³/mol. The van der Waals surface area contributed by atoms with Crippen LogP contribution in [0, 0.1) is 5.92 Å². The first-order chi connectivity index (χ1) is 11.3. The molecule has 0 radical (unpaired) electrons. The predicted octanol–water partition coefficient (Wildman–Crippen LogP) is 3.85. The summed E-state index contributed by atoms with van der Waals surface area (Å²) in [5.41, 5.74) is 1.17. The highest BCUT2D eigenvalue weighted by molar-refractivity contribution is 5.85.